The van der Waals surface area contributed by atoms with Crippen LogP contribution < -0.4 is 0 Å². The predicted molar refractivity (Wildman–Crippen MR) is 72.1 cm³/mol. The zero-order valence-electron chi connectivity index (χ0n) is 9.74. The lowest BCUT2D eigenvalue weighted by molar-refractivity contribution is -0.140. The fourth-order valence-electron chi connectivity index (χ4n) is 1.66. The van der Waals surface area contributed by atoms with Crippen LogP contribution in [0.15, 0.2) is 24.3 Å². The van der Waals surface area contributed by atoms with Gasteiger partial charge in [0.2, 0.25) is 0 Å². The fourth-order valence-corrected chi connectivity index (χ4v) is 2.08. The van der Waals surface area contributed by atoms with Crippen molar-refractivity contribution in [2.45, 2.75) is 12.8 Å². The van der Waals surface area contributed by atoms with Gasteiger partial charge in [-0.2, -0.15) is 0 Å². The third-order valence-electron chi connectivity index (χ3n) is 2.63. The minimum atomic E-state index is -0.255. The maximum Gasteiger partial charge on any atom is 0.305 e. The van der Waals surface area contributed by atoms with Crippen LogP contribution in [0.5, 0.6) is 0 Å². The van der Waals surface area contributed by atoms with Crippen LogP contribution in [0.1, 0.15) is 12.1 Å². The highest BCUT2D eigenvalue weighted by Crippen LogP contribution is 2.28. The summed E-state index contributed by atoms with van der Waals surface area (Å²) in [5, 5.41) is 1.97. The molecule has 2 aromatic rings. The van der Waals surface area contributed by atoms with Gasteiger partial charge in [0.25, 0.3) is 0 Å². The van der Waals surface area contributed by atoms with Gasteiger partial charge in [-0.05, 0) is 24.3 Å². The van der Waals surface area contributed by atoms with Crippen LogP contribution in [0.2, 0.25) is 10.0 Å². The zero-order valence-corrected chi connectivity index (χ0v) is 11.3. The maximum atomic E-state index is 11.1. The van der Waals surface area contributed by atoms with Gasteiger partial charge in [0.1, 0.15) is 0 Å². The molecule has 0 spiro atoms. The van der Waals surface area contributed by atoms with Crippen molar-refractivity contribution in [2.75, 3.05) is 7.11 Å². The Morgan fingerprint density at radius 2 is 1.94 bits per heavy atom. The molecular formula is C13H11Cl2NO2. The van der Waals surface area contributed by atoms with Gasteiger partial charge in [-0.3, -0.25) is 9.78 Å². The second-order valence-corrected chi connectivity index (χ2v) is 4.62. The van der Waals surface area contributed by atoms with Crippen molar-refractivity contribution in [3.63, 3.8) is 0 Å². The Morgan fingerprint density at radius 1 is 1.22 bits per heavy atom. The summed E-state index contributed by atoms with van der Waals surface area (Å²) in [5.41, 5.74) is 1.45. The Hall–Kier alpha value is -1.32. The number of esters is 1. The lowest BCUT2D eigenvalue weighted by Crippen LogP contribution is -2.03. The van der Waals surface area contributed by atoms with E-state index in [4.69, 9.17) is 23.2 Å². The van der Waals surface area contributed by atoms with Gasteiger partial charge in [-0.1, -0.05) is 23.2 Å². The standard InChI is InChI=1S/C13H11Cl2NO2/c1-18-12(17)7-3-8-2-4-9-10(14)5-6-11(15)13(9)16-8/h2,4-6H,3,7H2,1H3. The zero-order chi connectivity index (χ0) is 13.1. The Bertz CT molecular complexity index is 599. The molecule has 2 rings (SSSR count). The van der Waals surface area contributed by atoms with Crippen LogP contribution in [0.25, 0.3) is 10.9 Å². The average molecular weight is 284 g/mol. The summed E-state index contributed by atoms with van der Waals surface area (Å²) in [6.45, 7) is 0. The highest BCUT2D eigenvalue weighted by atomic mass is 35.5. The van der Waals surface area contributed by atoms with Crippen LogP contribution >= 0.6 is 23.2 Å². The summed E-state index contributed by atoms with van der Waals surface area (Å²) < 4.78 is 4.59. The molecule has 94 valence electrons. The molecule has 1 aromatic carbocycles. The molecule has 5 heteroatoms. The minimum Gasteiger partial charge on any atom is -0.469 e. The van der Waals surface area contributed by atoms with Crippen molar-refractivity contribution in [3.05, 3.63) is 40.0 Å². The lowest BCUT2D eigenvalue weighted by atomic mass is 10.1. The van der Waals surface area contributed by atoms with Crippen LogP contribution in [-0.2, 0) is 16.0 Å². The van der Waals surface area contributed by atoms with Crippen molar-refractivity contribution < 1.29 is 9.53 Å². The monoisotopic (exact) mass is 283 g/mol. The van der Waals surface area contributed by atoms with E-state index in [1.807, 2.05) is 12.1 Å². The topological polar surface area (TPSA) is 39.2 Å². The second kappa shape index (κ2) is 5.55. The van der Waals surface area contributed by atoms with Gasteiger partial charge >= 0.3 is 5.97 Å². The Morgan fingerprint density at radius 3 is 2.67 bits per heavy atom. The first-order chi connectivity index (χ1) is 8.61. The van der Waals surface area contributed by atoms with Crippen molar-refractivity contribution in [1.29, 1.82) is 0 Å². The lowest BCUT2D eigenvalue weighted by Gasteiger charge is -2.05. The van der Waals surface area contributed by atoms with Gasteiger partial charge in [-0.15, -0.1) is 0 Å². The van der Waals surface area contributed by atoms with Crippen LogP contribution in [0.3, 0.4) is 0 Å². The molecule has 0 bridgehead atoms. The molecule has 18 heavy (non-hydrogen) atoms. The quantitative estimate of drug-likeness (QED) is 0.808. The van der Waals surface area contributed by atoms with Crippen molar-refractivity contribution in [2.24, 2.45) is 0 Å². The van der Waals surface area contributed by atoms with Gasteiger partial charge in [0.05, 0.1) is 29.1 Å². The molecule has 0 unspecified atom stereocenters. The minimum absolute atomic E-state index is 0.255. The number of aromatic nitrogens is 1. The molecule has 1 aromatic heterocycles. The van der Waals surface area contributed by atoms with E-state index in [1.54, 1.807) is 12.1 Å². The van der Waals surface area contributed by atoms with Gasteiger partial charge in [0.15, 0.2) is 0 Å². The normalized spacial score (nSPS) is 10.6. The molecule has 0 amide bonds. The van der Waals surface area contributed by atoms with Crippen LogP contribution in [0.4, 0.5) is 0 Å². The molecule has 0 radical (unpaired) electrons. The third-order valence-corrected chi connectivity index (χ3v) is 3.26. The summed E-state index contributed by atoms with van der Waals surface area (Å²) in [6, 6.07) is 7.15. The summed E-state index contributed by atoms with van der Waals surface area (Å²) in [7, 11) is 1.37. The number of carbonyl (C=O) groups is 1. The number of carbonyl (C=O) groups excluding carboxylic acids is 1. The smallest absolute Gasteiger partial charge is 0.305 e. The summed E-state index contributed by atoms with van der Waals surface area (Å²) in [5.74, 6) is -0.255. The molecule has 0 saturated heterocycles. The average Bonchev–Trinajstić information content (AvgIpc) is 2.40. The van der Waals surface area contributed by atoms with E-state index in [0.29, 0.717) is 28.4 Å². The third kappa shape index (κ3) is 2.74. The Balaban J connectivity index is 2.32. The molecule has 0 aliphatic heterocycles. The molecule has 0 saturated carbocycles. The largest absolute Gasteiger partial charge is 0.469 e. The molecule has 0 fully saturated rings. The maximum absolute atomic E-state index is 11.1. The van der Waals surface area contributed by atoms with Crippen molar-refractivity contribution >= 4 is 40.1 Å². The van der Waals surface area contributed by atoms with E-state index in [9.17, 15) is 4.79 Å². The van der Waals surface area contributed by atoms with Gasteiger partial charge in [0, 0.05) is 17.5 Å². The van der Waals surface area contributed by atoms with E-state index in [1.165, 1.54) is 7.11 Å². The number of benzene rings is 1. The first-order valence-electron chi connectivity index (χ1n) is 5.42. The number of ether oxygens (including phenoxy) is 1. The molecule has 3 nitrogen and oxygen atoms in total. The van der Waals surface area contributed by atoms with Crippen LogP contribution in [-0.4, -0.2) is 18.1 Å². The summed E-state index contributed by atoms with van der Waals surface area (Å²) in [4.78, 5) is 15.5. The first kappa shape index (κ1) is 13.1. The number of aryl methyl sites for hydroxylation is 1. The molecule has 1 heterocycles. The van der Waals surface area contributed by atoms with E-state index >= 15 is 0 Å². The second-order valence-electron chi connectivity index (χ2n) is 3.80. The van der Waals surface area contributed by atoms with E-state index in [2.05, 4.69) is 9.72 Å². The highest BCUT2D eigenvalue weighted by Gasteiger charge is 2.07. The van der Waals surface area contributed by atoms with Crippen LogP contribution in [0, 0.1) is 0 Å². The molecule has 0 atom stereocenters. The van der Waals surface area contributed by atoms with Gasteiger partial charge in [-0.25, -0.2) is 0 Å². The van der Waals surface area contributed by atoms with E-state index in [0.717, 1.165) is 11.1 Å². The Labute approximate surface area is 115 Å². The van der Waals surface area contributed by atoms with E-state index in [-0.39, 0.29) is 5.97 Å². The number of pyridine rings is 1. The number of rotatable bonds is 3. The number of nitrogens with zero attached hydrogens (tertiary/aromatic N) is 1. The van der Waals surface area contributed by atoms with Gasteiger partial charge < -0.3 is 4.74 Å². The number of halogens is 2. The SMILES string of the molecule is COC(=O)CCc1ccc2c(Cl)ccc(Cl)c2n1. The molecule has 0 aliphatic rings. The number of hydrogen-bond acceptors (Lipinski definition) is 3. The van der Waals surface area contributed by atoms with Crippen molar-refractivity contribution in [1.82, 2.24) is 4.98 Å². The summed E-state index contributed by atoms with van der Waals surface area (Å²) >= 11 is 12.1. The Kier molecular flexibility index (Phi) is 4.04. The molecule has 0 N–H and O–H groups in total. The molecular weight excluding hydrogens is 273 g/mol. The fraction of sp³-hybridized carbons (Fsp3) is 0.231. The number of hydrogen-bond donors (Lipinski definition) is 0. The van der Waals surface area contributed by atoms with E-state index < -0.39 is 0 Å². The highest BCUT2D eigenvalue weighted by molar-refractivity contribution is 6.39. The number of methoxy groups -OCH3 is 1. The molecule has 0 aliphatic carbocycles. The number of fused-ring (bicyclic) bond motifs is 1. The summed E-state index contributed by atoms with van der Waals surface area (Å²) in [6.07, 6.45) is 0.818. The first-order valence-corrected chi connectivity index (χ1v) is 6.18. The predicted octanol–water partition coefficient (Wildman–Crippen LogP) is 3.65. The van der Waals surface area contributed by atoms with Crippen molar-refractivity contribution in [3.8, 4) is 0 Å².